The summed E-state index contributed by atoms with van der Waals surface area (Å²) < 4.78 is 1.81. The molecule has 1 aromatic carbocycles. The number of benzene rings is 1. The minimum atomic E-state index is -0.423. The van der Waals surface area contributed by atoms with Crippen molar-refractivity contribution in [1.29, 1.82) is 0 Å². The number of fused-ring (bicyclic) bond motifs is 1. The SMILES string of the molecule is Cc1nc2c(cnn2C(C)C)cc1C(=O)NNC(=O)c1ccccc1. The normalized spacial score (nSPS) is 10.9. The Bertz CT molecular complexity index is 931. The number of rotatable bonds is 3. The van der Waals surface area contributed by atoms with Crippen LogP contribution in [-0.2, 0) is 0 Å². The first-order valence-corrected chi connectivity index (χ1v) is 7.98. The van der Waals surface area contributed by atoms with Crippen molar-refractivity contribution in [3.05, 3.63) is 59.4 Å². The summed E-state index contributed by atoms with van der Waals surface area (Å²) >= 11 is 0. The zero-order valence-electron chi connectivity index (χ0n) is 14.3. The van der Waals surface area contributed by atoms with Gasteiger partial charge in [-0.25, -0.2) is 9.67 Å². The van der Waals surface area contributed by atoms with E-state index in [2.05, 4.69) is 20.9 Å². The molecule has 0 atom stereocenters. The van der Waals surface area contributed by atoms with Gasteiger partial charge in [-0.2, -0.15) is 5.10 Å². The molecule has 25 heavy (non-hydrogen) atoms. The molecule has 0 radical (unpaired) electrons. The van der Waals surface area contributed by atoms with Crippen LogP contribution in [-0.4, -0.2) is 26.6 Å². The van der Waals surface area contributed by atoms with Gasteiger partial charge in [-0.1, -0.05) is 18.2 Å². The lowest BCUT2D eigenvalue weighted by molar-refractivity contribution is 0.0846. The van der Waals surface area contributed by atoms with E-state index in [1.165, 1.54) is 0 Å². The number of nitrogens with one attached hydrogen (secondary N) is 2. The molecule has 2 heterocycles. The van der Waals surface area contributed by atoms with Crippen LogP contribution in [0.3, 0.4) is 0 Å². The molecule has 0 saturated heterocycles. The zero-order chi connectivity index (χ0) is 18.0. The maximum atomic E-state index is 12.4. The number of hydrazine groups is 1. The molecular formula is C18H19N5O2. The highest BCUT2D eigenvalue weighted by Gasteiger charge is 2.16. The van der Waals surface area contributed by atoms with Gasteiger partial charge in [0.15, 0.2) is 5.65 Å². The van der Waals surface area contributed by atoms with Crippen LogP contribution >= 0.6 is 0 Å². The molecule has 0 saturated carbocycles. The number of carbonyl (C=O) groups is 2. The van der Waals surface area contributed by atoms with E-state index in [9.17, 15) is 9.59 Å². The van der Waals surface area contributed by atoms with Crippen LogP contribution in [0, 0.1) is 6.92 Å². The number of aryl methyl sites for hydroxylation is 1. The summed E-state index contributed by atoms with van der Waals surface area (Å²) in [6, 6.07) is 10.6. The van der Waals surface area contributed by atoms with Gasteiger partial charge in [0.05, 0.1) is 17.5 Å². The van der Waals surface area contributed by atoms with Crippen molar-refractivity contribution in [2.75, 3.05) is 0 Å². The third-order valence-corrected chi connectivity index (χ3v) is 3.82. The van der Waals surface area contributed by atoms with Crippen LogP contribution < -0.4 is 10.9 Å². The minimum Gasteiger partial charge on any atom is -0.267 e. The molecule has 2 aromatic heterocycles. The van der Waals surface area contributed by atoms with Gasteiger partial charge >= 0.3 is 0 Å². The van der Waals surface area contributed by atoms with Crippen molar-refractivity contribution in [1.82, 2.24) is 25.6 Å². The third-order valence-electron chi connectivity index (χ3n) is 3.82. The van der Waals surface area contributed by atoms with Gasteiger partial charge in [0.25, 0.3) is 11.8 Å². The van der Waals surface area contributed by atoms with E-state index in [-0.39, 0.29) is 11.9 Å². The first-order chi connectivity index (χ1) is 12.0. The molecule has 0 spiro atoms. The van der Waals surface area contributed by atoms with E-state index < -0.39 is 5.91 Å². The van der Waals surface area contributed by atoms with Crippen LogP contribution in [0.2, 0.25) is 0 Å². The van der Waals surface area contributed by atoms with Gasteiger partial charge in [0.2, 0.25) is 0 Å². The molecule has 7 nitrogen and oxygen atoms in total. The molecular weight excluding hydrogens is 318 g/mol. The Morgan fingerprint density at radius 3 is 2.44 bits per heavy atom. The van der Waals surface area contributed by atoms with Crippen molar-refractivity contribution in [2.45, 2.75) is 26.8 Å². The van der Waals surface area contributed by atoms with Crippen LogP contribution in [0.15, 0.2) is 42.6 Å². The Labute approximate surface area is 145 Å². The predicted octanol–water partition coefficient (Wildman–Crippen LogP) is 2.40. The lowest BCUT2D eigenvalue weighted by Gasteiger charge is -2.10. The van der Waals surface area contributed by atoms with Crippen LogP contribution in [0.5, 0.6) is 0 Å². The van der Waals surface area contributed by atoms with Crippen molar-refractivity contribution in [2.24, 2.45) is 0 Å². The number of hydrogen-bond donors (Lipinski definition) is 2. The third kappa shape index (κ3) is 3.35. The molecule has 0 unspecified atom stereocenters. The molecule has 7 heteroatoms. The number of aromatic nitrogens is 3. The number of nitrogens with zero attached hydrogens (tertiary/aromatic N) is 3. The summed E-state index contributed by atoms with van der Waals surface area (Å²) in [6.45, 7) is 5.79. The Hall–Kier alpha value is -3.22. The van der Waals surface area contributed by atoms with Gasteiger partial charge in [0.1, 0.15) is 0 Å². The smallest absolute Gasteiger partial charge is 0.267 e. The maximum absolute atomic E-state index is 12.4. The summed E-state index contributed by atoms with van der Waals surface area (Å²) in [5.74, 6) is -0.804. The van der Waals surface area contributed by atoms with Crippen LogP contribution in [0.4, 0.5) is 0 Å². The van der Waals surface area contributed by atoms with Gasteiger partial charge in [-0.05, 0) is 39.0 Å². The van der Waals surface area contributed by atoms with Crippen molar-refractivity contribution in [3.63, 3.8) is 0 Å². The van der Waals surface area contributed by atoms with E-state index in [1.807, 2.05) is 19.9 Å². The monoisotopic (exact) mass is 337 g/mol. The quantitative estimate of drug-likeness (QED) is 0.718. The maximum Gasteiger partial charge on any atom is 0.271 e. The Morgan fingerprint density at radius 1 is 1.08 bits per heavy atom. The molecule has 0 fully saturated rings. The molecule has 0 aliphatic rings. The molecule has 2 amide bonds. The summed E-state index contributed by atoms with van der Waals surface area (Å²) in [5, 5.41) is 5.08. The molecule has 0 aliphatic carbocycles. The summed E-state index contributed by atoms with van der Waals surface area (Å²) in [4.78, 5) is 28.9. The molecule has 3 aromatic rings. The number of pyridine rings is 1. The zero-order valence-corrected chi connectivity index (χ0v) is 14.3. The van der Waals surface area contributed by atoms with E-state index in [0.717, 1.165) is 11.0 Å². The second-order valence-electron chi connectivity index (χ2n) is 5.99. The summed E-state index contributed by atoms with van der Waals surface area (Å²) in [5.41, 5.74) is 7.00. The predicted molar refractivity (Wildman–Crippen MR) is 94.0 cm³/mol. The number of amides is 2. The van der Waals surface area contributed by atoms with Crippen molar-refractivity contribution >= 4 is 22.8 Å². The molecule has 0 aliphatic heterocycles. The second-order valence-corrected chi connectivity index (χ2v) is 5.99. The highest BCUT2D eigenvalue weighted by atomic mass is 16.2. The van der Waals surface area contributed by atoms with Gasteiger partial charge in [-0.15, -0.1) is 0 Å². The van der Waals surface area contributed by atoms with Crippen molar-refractivity contribution < 1.29 is 9.59 Å². The van der Waals surface area contributed by atoms with E-state index in [1.54, 1.807) is 48.1 Å². The Kier molecular flexibility index (Phi) is 4.47. The lowest BCUT2D eigenvalue weighted by atomic mass is 10.1. The first-order valence-electron chi connectivity index (χ1n) is 7.98. The summed E-state index contributed by atoms with van der Waals surface area (Å²) in [7, 11) is 0. The number of carbonyl (C=O) groups excluding carboxylic acids is 2. The molecule has 3 rings (SSSR count). The minimum absolute atomic E-state index is 0.175. The van der Waals surface area contributed by atoms with E-state index in [4.69, 9.17) is 0 Å². The van der Waals surface area contributed by atoms with Gasteiger partial charge in [-0.3, -0.25) is 20.4 Å². The standard InChI is InChI=1S/C18H19N5O2/c1-11(2)23-16-14(10-19-23)9-15(12(3)20-16)18(25)22-21-17(24)13-7-5-4-6-8-13/h4-11H,1-3H3,(H,21,24)(H,22,25). The average molecular weight is 337 g/mol. The summed E-state index contributed by atoms with van der Waals surface area (Å²) in [6.07, 6.45) is 1.68. The average Bonchev–Trinajstić information content (AvgIpc) is 3.02. The number of hydrogen-bond acceptors (Lipinski definition) is 4. The second kappa shape index (κ2) is 6.72. The largest absolute Gasteiger partial charge is 0.271 e. The lowest BCUT2D eigenvalue weighted by Crippen LogP contribution is -2.41. The van der Waals surface area contributed by atoms with E-state index in [0.29, 0.717) is 16.8 Å². The topological polar surface area (TPSA) is 88.9 Å². The fourth-order valence-electron chi connectivity index (χ4n) is 2.52. The Morgan fingerprint density at radius 2 is 1.76 bits per heavy atom. The van der Waals surface area contributed by atoms with Gasteiger partial charge in [0, 0.05) is 17.0 Å². The highest BCUT2D eigenvalue weighted by molar-refractivity contribution is 6.01. The molecule has 0 bridgehead atoms. The fourth-order valence-corrected chi connectivity index (χ4v) is 2.52. The van der Waals surface area contributed by atoms with Crippen LogP contribution in [0.25, 0.3) is 11.0 Å². The fraction of sp³-hybridized carbons (Fsp3) is 0.222. The van der Waals surface area contributed by atoms with Crippen molar-refractivity contribution in [3.8, 4) is 0 Å². The van der Waals surface area contributed by atoms with E-state index >= 15 is 0 Å². The Balaban J connectivity index is 1.78. The molecule has 2 N–H and O–H groups in total. The highest BCUT2D eigenvalue weighted by Crippen LogP contribution is 2.19. The van der Waals surface area contributed by atoms with Crippen LogP contribution in [0.1, 0.15) is 46.3 Å². The molecule has 128 valence electrons. The van der Waals surface area contributed by atoms with Gasteiger partial charge < -0.3 is 0 Å². The first kappa shape index (κ1) is 16.6.